The van der Waals surface area contributed by atoms with Gasteiger partial charge in [0.15, 0.2) is 0 Å². The third kappa shape index (κ3) is 5.23. The van der Waals surface area contributed by atoms with Gasteiger partial charge in [-0.2, -0.15) is 0 Å². The van der Waals surface area contributed by atoms with Crippen LogP contribution in [0.1, 0.15) is 34.9 Å². The molecule has 0 aliphatic carbocycles. The summed E-state index contributed by atoms with van der Waals surface area (Å²) in [5, 5.41) is 10.9. The molecule has 1 aromatic heterocycles. The van der Waals surface area contributed by atoms with E-state index in [1.165, 1.54) is 0 Å². The maximum Gasteiger partial charge on any atom is 0.223 e. The first-order valence-electron chi connectivity index (χ1n) is 12.1. The van der Waals surface area contributed by atoms with Crippen LogP contribution < -0.4 is 4.74 Å². The molecular formula is C29H31N3O3. The maximum absolute atomic E-state index is 12.8. The second-order valence-corrected chi connectivity index (χ2v) is 9.52. The van der Waals surface area contributed by atoms with E-state index in [0.717, 1.165) is 39.3 Å². The molecule has 1 N–H and O–H groups in total. The van der Waals surface area contributed by atoms with E-state index < -0.39 is 6.10 Å². The molecule has 3 aromatic carbocycles. The number of hydrogen-bond acceptors (Lipinski definition) is 4. The first-order valence-corrected chi connectivity index (χ1v) is 12.1. The third-order valence-corrected chi connectivity index (χ3v) is 6.51. The van der Waals surface area contributed by atoms with Crippen LogP contribution in [0.5, 0.6) is 5.75 Å². The molecule has 1 fully saturated rings. The van der Waals surface area contributed by atoms with Gasteiger partial charge in [-0.25, -0.2) is 4.98 Å². The second kappa shape index (κ2) is 9.92. The Morgan fingerprint density at radius 2 is 1.74 bits per heavy atom. The molecule has 180 valence electrons. The van der Waals surface area contributed by atoms with Crippen molar-refractivity contribution in [1.29, 1.82) is 0 Å². The van der Waals surface area contributed by atoms with E-state index in [-0.39, 0.29) is 18.4 Å². The van der Waals surface area contributed by atoms with Gasteiger partial charge < -0.3 is 19.3 Å². The first kappa shape index (κ1) is 23.1. The quantitative estimate of drug-likeness (QED) is 0.409. The summed E-state index contributed by atoms with van der Waals surface area (Å²) in [5.41, 5.74) is 5.21. The number of ether oxygens (including phenoxy) is 1. The fourth-order valence-electron chi connectivity index (χ4n) is 4.97. The molecule has 0 spiro atoms. The van der Waals surface area contributed by atoms with Gasteiger partial charge in [0.1, 0.15) is 24.3 Å². The lowest BCUT2D eigenvalue weighted by molar-refractivity contribution is -0.128. The van der Waals surface area contributed by atoms with Crippen molar-refractivity contribution in [2.45, 2.75) is 45.4 Å². The summed E-state index contributed by atoms with van der Waals surface area (Å²) < 4.78 is 7.97. The number of aliphatic hydroxyl groups is 1. The second-order valence-electron chi connectivity index (χ2n) is 9.52. The van der Waals surface area contributed by atoms with Gasteiger partial charge in [-0.3, -0.25) is 4.79 Å². The molecule has 1 aliphatic heterocycles. The van der Waals surface area contributed by atoms with E-state index >= 15 is 0 Å². The monoisotopic (exact) mass is 469 g/mol. The molecule has 1 aliphatic rings. The number of aryl methyl sites for hydroxylation is 2. The number of likely N-dealkylation sites (tertiary alicyclic amines) is 1. The fourth-order valence-corrected chi connectivity index (χ4v) is 4.97. The molecule has 1 saturated heterocycles. The van der Waals surface area contributed by atoms with Crippen LogP contribution in [0.3, 0.4) is 0 Å². The summed E-state index contributed by atoms with van der Waals surface area (Å²) in [4.78, 5) is 19.6. The van der Waals surface area contributed by atoms with E-state index in [4.69, 9.17) is 9.72 Å². The number of nitrogens with zero attached hydrogens (tertiary/aromatic N) is 3. The summed E-state index contributed by atoms with van der Waals surface area (Å²) in [7, 11) is 0. The zero-order valence-electron chi connectivity index (χ0n) is 20.2. The van der Waals surface area contributed by atoms with Crippen molar-refractivity contribution in [2.75, 3.05) is 13.2 Å². The number of fused-ring (bicyclic) bond motifs is 1. The summed E-state index contributed by atoms with van der Waals surface area (Å²) >= 11 is 0. The van der Waals surface area contributed by atoms with Crippen molar-refractivity contribution in [2.24, 2.45) is 0 Å². The Kier molecular flexibility index (Phi) is 6.55. The summed E-state index contributed by atoms with van der Waals surface area (Å²) in [6.07, 6.45) is -0.296. The summed E-state index contributed by atoms with van der Waals surface area (Å²) in [5.74, 6) is 1.72. The van der Waals surface area contributed by atoms with Crippen LogP contribution in [0, 0.1) is 13.8 Å². The van der Waals surface area contributed by atoms with Crippen LogP contribution in [0.15, 0.2) is 72.8 Å². The van der Waals surface area contributed by atoms with Gasteiger partial charge in [-0.05, 0) is 54.8 Å². The van der Waals surface area contributed by atoms with Crippen molar-refractivity contribution in [3.05, 3.63) is 95.3 Å². The zero-order valence-corrected chi connectivity index (χ0v) is 20.2. The molecule has 1 amide bonds. The average Bonchev–Trinajstić information content (AvgIpc) is 3.38. The first-order chi connectivity index (χ1) is 17.0. The highest BCUT2D eigenvalue weighted by Gasteiger charge is 2.34. The van der Waals surface area contributed by atoms with E-state index in [1.54, 1.807) is 0 Å². The average molecular weight is 470 g/mol. The van der Waals surface area contributed by atoms with E-state index in [9.17, 15) is 9.90 Å². The minimum absolute atomic E-state index is 0.0221. The number of hydrogen-bond donors (Lipinski definition) is 1. The number of carbonyl (C=O) groups is 1. The Labute approximate surface area is 205 Å². The number of para-hydroxylation sites is 2. The van der Waals surface area contributed by atoms with Gasteiger partial charge in [0.2, 0.25) is 5.91 Å². The Hall–Kier alpha value is -3.64. The summed E-state index contributed by atoms with van der Waals surface area (Å²) in [6.45, 7) is 5.81. The van der Waals surface area contributed by atoms with Gasteiger partial charge in [0, 0.05) is 25.4 Å². The number of benzene rings is 3. The molecule has 2 atom stereocenters. The number of carbonyl (C=O) groups excluding carboxylic acids is 1. The number of amides is 1. The lowest BCUT2D eigenvalue weighted by Gasteiger charge is -2.19. The number of aliphatic hydroxyl groups excluding tert-OH is 1. The van der Waals surface area contributed by atoms with Gasteiger partial charge in [-0.15, -0.1) is 0 Å². The van der Waals surface area contributed by atoms with Crippen molar-refractivity contribution < 1.29 is 14.6 Å². The van der Waals surface area contributed by atoms with Crippen molar-refractivity contribution in [3.8, 4) is 5.75 Å². The standard InChI is InChI=1S/C29H31N3O3/c1-20-12-21(2)14-25(13-20)35-19-24(33)18-32-27-11-7-6-10-26(27)30-29(32)23-15-28(34)31(17-23)16-22-8-4-3-5-9-22/h3-14,23-24,33H,15-19H2,1-2H3/t23-,24+/m1/s1. The zero-order chi connectivity index (χ0) is 24.4. The molecule has 6 nitrogen and oxygen atoms in total. The largest absolute Gasteiger partial charge is 0.491 e. The topological polar surface area (TPSA) is 67.6 Å². The smallest absolute Gasteiger partial charge is 0.223 e. The molecule has 4 aromatic rings. The SMILES string of the molecule is Cc1cc(C)cc(OC[C@@H](O)Cn2c([C@@H]3CC(=O)N(Cc4ccccc4)C3)nc3ccccc32)c1. The number of imidazole rings is 1. The van der Waals surface area contributed by atoms with Gasteiger partial charge in [0.25, 0.3) is 0 Å². The Bertz CT molecular complexity index is 1310. The molecule has 0 saturated carbocycles. The normalized spacial score (nSPS) is 16.7. The molecule has 0 bridgehead atoms. The highest BCUT2D eigenvalue weighted by molar-refractivity contribution is 5.81. The van der Waals surface area contributed by atoms with Crippen molar-refractivity contribution in [3.63, 3.8) is 0 Å². The maximum atomic E-state index is 12.8. The van der Waals surface area contributed by atoms with Crippen LogP contribution in [0.4, 0.5) is 0 Å². The molecule has 5 rings (SSSR count). The van der Waals surface area contributed by atoms with Crippen LogP contribution in [0.25, 0.3) is 11.0 Å². The molecule has 2 heterocycles. The van der Waals surface area contributed by atoms with E-state index in [2.05, 4.69) is 10.6 Å². The minimum atomic E-state index is -0.718. The van der Waals surface area contributed by atoms with Gasteiger partial charge in [0.05, 0.1) is 17.6 Å². The Morgan fingerprint density at radius 3 is 2.51 bits per heavy atom. The molecule has 0 radical (unpaired) electrons. The Balaban J connectivity index is 1.34. The van der Waals surface area contributed by atoms with Gasteiger partial charge in [-0.1, -0.05) is 48.5 Å². The molecule has 0 unspecified atom stereocenters. The summed E-state index contributed by atoms with van der Waals surface area (Å²) in [6, 6.07) is 24.0. The predicted molar refractivity (Wildman–Crippen MR) is 136 cm³/mol. The van der Waals surface area contributed by atoms with Crippen LogP contribution in [-0.2, 0) is 17.9 Å². The van der Waals surface area contributed by atoms with Crippen LogP contribution >= 0.6 is 0 Å². The number of aromatic nitrogens is 2. The van der Waals surface area contributed by atoms with Crippen LogP contribution in [-0.4, -0.2) is 44.7 Å². The van der Waals surface area contributed by atoms with E-state index in [0.29, 0.717) is 26.1 Å². The minimum Gasteiger partial charge on any atom is -0.491 e. The predicted octanol–water partition coefficient (Wildman–Crippen LogP) is 4.61. The van der Waals surface area contributed by atoms with Crippen molar-refractivity contribution >= 4 is 16.9 Å². The fraction of sp³-hybridized carbons (Fsp3) is 0.310. The lowest BCUT2D eigenvalue weighted by atomic mass is 10.1. The molecule has 35 heavy (non-hydrogen) atoms. The Morgan fingerprint density at radius 1 is 1.03 bits per heavy atom. The molecule has 6 heteroatoms. The molecular weight excluding hydrogens is 438 g/mol. The highest BCUT2D eigenvalue weighted by atomic mass is 16.5. The van der Waals surface area contributed by atoms with E-state index in [1.807, 2.05) is 85.5 Å². The van der Waals surface area contributed by atoms with Crippen molar-refractivity contribution in [1.82, 2.24) is 14.5 Å². The number of rotatable bonds is 8. The highest BCUT2D eigenvalue weighted by Crippen LogP contribution is 2.31. The third-order valence-electron chi connectivity index (χ3n) is 6.51. The lowest BCUT2D eigenvalue weighted by Crippen LogP contribution is -2.26. The van der Waals surface area contributed by atoms with Crippen LogP contribution in [0.2, 0.25) is 0 Å². The van der Waals surface area contributed by atoms with Gasteiger partial charge >= 0.3 is 0 Å².